The fraction of sp³-hybridized carbons (Fsp3) is 0.300. The number of fused-ring (bicyclic) bond motifs is 1. The van der Waals surface area contributed by atoms with Crippen LogP contribution in [0.2, 0.25) is 0 Å². The second-order valence-electron chi connectivity index (χ2n) is 6.90. The third-order valence-corrected chi connectivity index (χ3v) is 7.27. The molecule has 0 aliphatic carbocycles. The van der Waals surface area contributed by atoms with E-state index >= 15 is 0 Å². The van der Waals surface area contributed by atoms with Gasteiger partial charge in [-0.1, -0.05) is 18.2 Å². The molecule has 26 heavy (non-hydrogen) atoms. The number of nitrogens with one attached hydrogen (secondary N) is 1. The molecule has 0 unspecified atom stereocenters. The van der Waals surface area contributed by atoms with Gasteiger partial charge >= 0.3 is 0 Å². The van der Waals surface area contributed by atoms with Crippen LogP contribution in [0.5, 0.6) is 0 Å². The van der Waals surface area contributed by atoms with Crippen molar-refractivity contribution in [2.45, 2.75) is 30.6 Å². The van der Waals surface area contributed by atoms with E-state index < -0.39 is 10.0 Å². The van der Waals surface area contributed by atoms with Gasteiger partial charge in [0, 0.05) is 35.6 Å². The van der Waals surface area contributed by atoms with Gasteiger partial charge in [0.1, 0.15) is 5.82 Å². The van der Waals surface area contributed by atoms with Gasteiger partial charge in [-0.2, -0.15) is 4.31 Å². The Kier molecular flexibility index (Phi) is 4.32. The topological polar surface area (TPSA) is 53.2 Å². The van der Waals surface area contributed by atoms with Crippen LogP contribution in [0, 0.1) is 12.7 Å². The molecule has 0 atom stereocenters. The normalized spacial score (nSPS) is 17.0. The van der Waals surface area contributed by atoms with Crippen molar-refractivity contribution in [1.29, 1.82) is 0 Å². The predicted molar refractivity (Wildman–Crippen MR) is 100 cm³/mol. The molecule has 1 aliphatic heterocycles. The second-order valence-corrected chi connectivity index (χ2v) is 8.81. The zero-order valence-electron chi connectivity index (χ0n) is 14.6. The summed E-state index contributed by atoms with van der Waals surface area (Å²) in [5.41, 5.74) is 2.74. The molecule has 0 radical (unpaired) electrons. The third kappa shape index (κ3) is 3.04. The molecule has 2 heterocycles. The van der Waals surface area contributed by atoms with E-state index in [9.17, 15) is 12.8 Å². The summed E-state index contributed by atoms with van der Waals surface area (Å²) in [7, 11) is -3.46. The number of nitrogens with zero attached hydrogens (tertiary/aromatic N) is 1. The summed E-state index contributed by atoms with van der Waals surface area (Å²) in [5.74, 6) is 0.0102. The summed E-state index contributed by atoms with van der Waals surface area (Å²) < 4.78 is 40.8. The first kappa shape index (κ1) is 17.2. The number of halogens is 1. The minimum atomic E-state index is -3.46. The Morgan fingerprint density at radius 2 is 1.81 bits per heavy atom. The Morgan fingerprint density at radius 1 is 1.08 bits per heavy atom. The zero-order chi connectivity index (χ0) is 18.3. The van der Waals surface area contributed by atoms with Gasteiger partial charge in [-0.05, 0) is 55.7 Å². The molecule has 136 valence electrons. The molecular weight excluding hydrogens is 351 g/mol. The molecule has 0 spiro atoms. The molecular formula is C20H21FN2O2S. The molecule has 0 amide bonds. The van der Waals surface area contributed by atoms with E-state index in [2.05, 4.69) is 4.98 Å². The van der Waals surface area contributed by atoms with Gasteiger partial charge < -0.3 is 4.98 Å². The molecule has 1 N–H and O–H groups in total. The van der Waals surface area contributed by atoms with Crippen LogP contribution < -0.4 is 0 Å². The number of benzene rings is 2. The summed E-state index contributed by atoms with van der Waals surface area (Å²) in [5, 5.41) is 0.856. The van der Waals surface area contributed by atoms with Crippen molar-refractivity contribution in [3.63, 3.8) is 0 Å². The van der Waals surface area contributed by atoms with Gasteiger partial charge in [-0.3, -0.25) is 0 Å². The Balaban J connectivity index is 1.52. The average molecular weight is 372 g/mol. The molecule has 2 aromatic carbocycles. The van der Waals surface area contributed by atoms with Crippen LogP contribution in [-0.2, 0) is 10.0 Å². The standard InChI is InChI=1S/C20H21FN2O2S/c1-14-4-2-3-5-20(14)26(24,25)23-10-8-15(9-11-23)19-13-16-12-17(21)6-7-18(16)22-19/h2-7,12-13,15,22H,8-11H2,1H3. The van der Waals surface area contributed by atoms with E-state index in [1.54, 1.807) is 22.5 Å². The smallest absolute Gasteiger partial charge is 0.243 e. The van der Waals surface area contributed by atoms with Crippen molar-refractivity contribution in [2.24, 2.45) is 0 Å². The first-order valence-electron chi connectivity index (χ1n) is 8.79. The monoisotopic (exact) mass is 372 g/mol. The molecule has 6 heteroatoms. The lowest BCUT2D eigenvalue weighted by molar-refractivity contribution is 0.317. The van der Waals surface area contributed by atoms with E-state index in [0.717, 1.165) is 35.0 Å². The molecule has 1 aromatic heterocycles. The average Bonchev–Trinajstić information content (AvgIpc) is 3.05. The lowest BCUT2D eigenvalue weighted by atomic mass is 9.95. The second kappa shape index (κ2) is 6.52. The summed E-state index contributed by atoms with van der Waals surface area (Å²) in [4.78, 5) is 3.74. The minimum Gasteiger partial charge on any atom is -0.358 e. The number of aromatic nitrogens is 1. The van der Waals surface area contributed by atoms with Crippen LogP contribution >= 0.6 is 0 Å². The number of aromatic amines is 1. The van der Waals surface area contributed by atoms with Gasteiger partial charge in [0.2, 0.25) is 10.0 Å². The van der Waals surface area contributed by atoms with Crippen LogP contribution in [-0.4, -0.2) is 30.8 Å². The number of piperidine rings is 1. The van der Waals surface area contributed by atoms with Crippen molar-refractivity contribution >= 4 is 20.9 Å². The van der Waals surface area contributed by atoms with Gasteiger partial charge in [0.05, 0.1) is 4.90 Å². The van der Waals surface area contributed by atoms with E-state index in [-0.39, 0.29) is 11.7 Å². The highest BCUT2D eigenvalue weighted by molar-refractivity contribution is 7.89. The number of aryl methyl sites for hydroxylation is 1. The van der Waals surface area contributed by atoms with E-state index in [1.807, 2.05) is 25.1 Å². The fourth-order valence-corrected chi connectivity index (χ4v) is 5.43. The van der Waals surface area contributed by atoms with Crippen LogP contribution in [0.4, 0.5) is 4.39 Å². The summed E-state index contributed by atoms with van der Waals surface area (Å²) in [6, 6.07) is 13.8. The highest BCUT2D eigenvalue weighted by Crippen LogP contribution is 2.32. The molecule has 0 saturated carbocycles. The van der Waals surface area contributed by atoms with Crippen molar-refractivity contribution < 1.29 is 12.8 Å². The van der Waals surface area contributed by atoms with Crippen LogP contribution in [0.3, 0.4) is 0 Å². The molecule has 4 rings (SSSR count). The van der Waals surface area contributed by atoms with Gasteiger partial charge in [0.15, 0.2) is 0 Å². The fourth-order valence-electron chi connectivity index (χ4n) is 3.74. The Bertz CT molecular complexity index is 1050. The molecule has 3 aromatic rings. The summed E-state index contributed by atoms with van der Waals surface area (Å²) in [6.45, 7) is 2.80. The lowest BCUT2D eigenvalue weighted by Gasteiger charge is -2.31. The minimum absolute atomic E-state index is 0.248. The van der Waals surface area contributed by atoms with Gasteiger partial charge in [0.25, 0.3) is 0 Å². The molecule has 1 aliphatic rings. The maximum atomic E-state index is 13.4. The maximum absolute atomic E-state index is 13.4. The third-order valence-electron chi connectivity index (χ3n) is 5.21. The van der Waals surface area contributed by atoms with Gasteiger partial charge in [-0.15, -0.1) is 0 Å². The van der Waals surface area contributed by atoms with E-state index in [1.165, 1.54) is 12.1 Å². The van der Waals surface area contributed by atoms with Crippen molar-refractivity contribution in [2.75, 3.05) is 13.1 Å². The molecule has 0 bridgehead atoms. The Morgan fingerprint density at radius 3 is 2.54 bits per heavy atom. The van der Waals surface area contributed by atoms with Gasteiger partial charge in [-0.25, -0.2) is 12.8 Å². The lowest BCUT2D eigenvalue weighted by Crippen LogP contribution is -2.38. The van der Waals surface area contributed by atoms with E-state index in [0.29, 0.717) is 18.0 Å². The Labute approximate surface area is 152 Å². The number of sulfonamides is 1. The van der Waals surface area contributed by atoms with Crippen LogP contribution in [0.1, 0.15) is 30.0 Å². The highest BCUT2D eigenvalue weighted by atomic mass is 32.2. The molecule has 4 nitrogen and oxygen atoms in total. The Hall–Kier alpha value is -2.18. The first-order chi connectivity index (χ1) is 12.4. The number of H-pyrrole nitrogens is 1. The largest absolute Gasteiger partial charge is 0.358 e. The summed E-state index contributed by atoms with van der Waals surface area (Å²) in [6.07, 6.45) is 1.50. The van der Waals surface area contributed by atoms with Crippen molar-refractivity contribution in [1.82, 2.24) is 9.29 Å². The highest BCUT2D eigenvalue weighted by Gasteiger charge is 2.31. The quantitative estimate of drug-likeness (QED) is 0.750. The number of hydrogen-bond acceptors (Lipinski definition) is 2. The van der Waals surface area contributed by atoms with Crippen LogP contribution in [0.15, 0.2) is 53.4 Å². The number of rotatable bonds is 3. The SMILES string of the molecule is Cc1ccccc1S(=O)(=O)N1CCC(c2cc3cc(F)ccc3[nH]2)CC1. The summed E-state index contributed by atoms with van der Waals surface area (Å²) >= 11 is 0. The van der Waals surface area contributed by atoms with Crippen molar-refractivity contribution in [3.8, 4) is 0 Å². The number of hydrogen-bond donors (Lipinski definition) is 1. The molecule has 1 saturated heterocycles. The van der Waals surface area contributed by atoms with Crippen molar-refractivity contribution in [3.05, 3.63) is 65.6 Å². The van der Waals surface area contributed by atoms with E-state index in [4.69, 9.17) is 0 Å². The predicted octanol–water partition coefficient (Wildman–Crippen LogP) is 4.18. The zero-order valence-corrected chi connectivity index (χ0v) is 15.4. The van der Waals surface area contributed by atoms with Crippen LogP contribution in [0.25, 0.3) is 10.9 Å². The maximum Gasteiger partial charge on any atom is 0.243 e. The molecule has 1 fully saturated rings. The first-order valence-corrected chi connectivity index (χ1v) is 10.2.